The smallest absolute Gasteiger partial charge is 0.224 e. The first-order chi connectivity index (χ1) is 9.69. The molecule has 1 heterocycles. The van der Waals surface area contributed by atoms with Crippen molar-refractivity contribution in [3.63, 3.8) is 0 Å². The van der Waals surface area contributed by atoms with E-state index < -0.39 is 0 Å². The Kier molecular flexibility index (Phi) is 5.60. The SMILES string of the molecule is CCCN(Cc1ccc(C)cc1)C(=O)CC1CCCN1. The van der Waals surface area contributed by atoms with Crippen molar-refractivity contribution in [3.8, 4) is 0 Å². The Morgan fingerprint density at radius 2 is 2.10 bits per heavy atom. The normalized spacial score (nSPS) is 18.2. The maximum Gasteiger partial charge on any atom is 0.224 e. The maximum absolute atomic E-state index is 12.4. The molecule has 1 fully saturated rings. The van der Waals surface area contributed by atoms with Gasteiger partial charge in [-0.05, 0) is 38.3 Å². The van der Waals surface area contributed by atoms with E-state index >= 15 is 0 Å². The molecule has 1 aliphatic rings. The van der Waals surface area contributed by atoms with Crippen molar-refractivity contribution in [1.29, 1.82) is 0 Å². The summed E-state index contributed by atoms with van der Waals surface area (Å²) in [5, 5.41) is 3.41. The maximum atomic E-state index is 12.4. The number of carbonyl (C=O) groups is 1. The fourth-order valence-corrected chi connectivity index (χ4v) is 2.75. The van der Waals surface area contributed by atoms with E-state index in [1.54, 1.807) is 0 Å². The number of rotatable bonds is 6. The largest absolute Gasteiger partial charge is 0.338 e. The van der Waals surface area contributed by atoms with Crippen LogP contribution in [0.3, 0.4) is 0 Å². The molecule has 0 bridgehead atoms. The van der Waals surface area contributed by atoms with Crippen LogP contribution in [0.15, 0.2) is 24.3 Å². The molecule has 0 aromatic heterocycles. The van der Waals surface area contributed by atoms with Gasteiger partial charge in [0.1, 0.15) is 0 Å². The molecular weight excluding hydrogens is 248 g/mol. The second-order valence-electron chi connectivity index (χ2n) is 5.80. The highest BCUT2D eigenvalue weighted by molar-refractivity contribution is 5.76. The molecule has 3 nitrogen and oxygen atoms in total. The molecule has 1 unspecified atom stereocenters. The first kappa shape index (κ1) is 15.0. The summed E-state index contributed by atoms with van der Waals surface area (Å²) in [5.41, 5.74) is 2.48. The topological polar surface area (TPSA) is 32.3 Å². The fourth-order valence-electron chi connectivity index (χ4n) is 2.75. The molecule has 0 spiro atoms. The minimum atomic E-state index is 0.284. The van der Waals surface area contributed by atoms with Crippen molar-refractivity contribution < 1.29 is 4.79 Å². The standard InChI is InChI=1S/C17H26N2O/c1-3-11-19(13-15-8-6-14(2)7-9-15)17(20)12-16-5-4-10-18-16/h6-9,16,18H,3-5,10-13H2,1-2H3. The van der Waals surface area contributed by atoms with E-state index in [9.17, 15) is 4.79 Å². The third-order valence-corrected chi connectivity index (χ3v) is 3.92. The van der Waals surface area contributed by atoms with Crippen LogP contribution in [0, 0.1) is 6.92 Å². The number of hydrogen-bond acceptors (Lipinski definition) is 2. The Morgan fingerprint density at radius 1 is 1.35 bits per heavy atom. The van der Waals surface area contributed by atoms with Gasteiger partial charge < -0.3 is 10.2 Å². The summed E-state index contributed by atoms with van der Waals surface area (Å²) in [6.45, 7) is 6.86. The summed E-state index contributed by atoms with van der Waals surface area (Å²) in [7, 11) is 0. The average molecular weight is 274 g/mol. The van der Waals surface area contributed by atoms with Gasteiger partial charge in [0.25, 0.3) is 0 Å². The Morgan fingerprint density at radius 3 is 2.70 bits per heavy atom. The molecule has 20 heavy (non-hydrogen) atoms. The minimum absolute atomic E-state index is 0.284. The Balaban J connectivity index is 1.94. The summed E-state index contributed by atoms with van der Waals surface area (Å²) in [4.78, 5) is 14.5. The van der Waals surface area contributed by atoms with Crippen LogP contribution >= 0.6 is 0 Å². The lowest BCUT2D eigenvalue weighted by Gasteiger charge is -2.24. The van der Waals surface area contributed by atoms with Gasteiger partial charge in [-0.2, -0.15) is 0 Å². The molecule has 3 heteroatoms. The number of amides is 1. The molecule has 110 valence electrons. The van der Waals surface area contributed by atoms with Crippen LogP contribution < -0.4 is 5.32 Å². The van der Waals surface area contributed by atoms with E-state index in [4.69, 9.17) is 0 Å². The average Bonchev–Trinajstić information content (AvgIpc) is 2.93. The Labute approximate surface area is 122 Å². The summed E-state index contributed by atoms with van der Waals surface area (Å²) < 4.78 is 0. The monoisotopic (exact) mass is 274 g/mol. The number of nitrogens with one attached hydrogen (secondary N) is 1. The van der Waals surface area contributed by atoms with Gasteiger partial charge >= 0.3 is 0 Å². The van der Waals surface area contributed by atoms with Crippen LogP contribution in [0.5, 0.6) is 0 Å². The van der Waals surface area contributed by atoms with E-state index in [0.29, 0.717) is 12.5 Å². The van der Waals surface area contributed by atoms with Crippen LogP contribution in [0.1, 0.15) is 43.7 Å². The third kappa shape index (κ3) is 4.34. The molecule has 1 aromatic rings. The fraction of sp³-hybridized carbons (Fsp3) is 0.588. The summed E-state index contributed by atoms with van der Waals surface area (Å²) in [6, 6.07) is 8.86. The molecule has 0 radical (unpaired) electrons. The van der Waals surface area contributed by atoms with Crippen LogP contribution in [0.25, 0.3) is 0 Å². The number of carbonyl (C=O) groups excluding carboxylic acids is 1. The van der Waals surface area contributed by atoms with Crippen LogP contribution in [0.4, 0.5) is 0 Å². The van der Waals surface area contributed by atoms with Crippen molar-refractivity contribution >= 4 is 5.91 Å². The molecule has 1 aromatic carbocycles. The molecule has 2 rings (SSSR count). The molecule has 1 aliphatic heterocycles. The molecule has 0 aliphatic carbocycles. The number of hydrogen-bond donors (Lipinski definition) is 1. The highest BCUT2D eigenvalue weighted by Gasteiger charge is 2.21. The second kappa shape index (κ2) is 7.44. The quantitative estimate of drug-likeness (QED) is 0.865. The van der Waals surface area contributed by atoms with Gasteiger partial charge in [0.05, 0.1) is 0 Å². The minimum Gasteiger partial charge on any atom is -0.338 e. The zero-order chi connectivity index (χ0) is 14.4. The zero-order valence-electron chi connectivity index (χ0n) is 12.7. The van der Waals surface area contributed by atoms with Gasteiger partial charge in [-0.1, -0.05) is 36.8 Å². The summed E-state index contributed by atoms with van der Waals surface area (Å²) in [6.07, 6.45) is 3.99. The van der Waals surface area contributed by atoms with Crippen LogP contribution in [-0.4, -0.2) is 29.9 Å². The van der Waals surface area contributed by atoms with Crippen molar-refractivity contribution in [2.45, 2.75) is 52.1 Å². The second-order valence-corrected chi connectivity index (χ2v) is 5.80. The molecule has 1 amide bonds. The molecular formula is C17H26N2O. The summed E-state index contributed by atoms with van der Waals surface area (Å²) in [5.74, 6) is 0.284. The van der Waals surface area contributed by atoms with E-state index in [1.165, 1.54) is 17.5 Å². The molecule has 0 saturated carbocycles. The van der Waals surface area contributed by atoms with Gasteiger partial charge in [0.15, 0.2) is 0 Å². The van der Waals surface area contributed by atoms with Gasteiger partial charge in [0, 0.05) is 25.6 Å². The zero-order valence-corrected chi connectivity index (χ0v) is 12.7. The van der Waals surface area contributed by atoms with Gasteiger partial charge in [-0.25, -0.2) is 0 Å². The van der Waals surface area contributed by atoms with Crippen molar-refractivity contribution in [2.24, 2.45) is 0 Å². The number of benzene rings is 1. The van der Waals surface area contributed by atoms with E-state index in [0.717, 1.165) is 32.5 Å². The predicted octanol–water partition coefficient (Wildman–Crippen LogP) is 2.88. The third-order valence-electron chi connectivity index (χ3n) is 3.92. The predicted molar refractivity (Wildman–Crippen MR) is 82.5 cm³/mol. The molecule has 1 N–H and O–H groups in total. The van der Waals surface area contributed by atoms with Crippen molar-refractivity contribution in [1.82, 2.24) is 10.2 Å². The summed E-state index contributed by atoms with van der Waals surface area (Å²) >= 11 is 0. The van der Waals surface area contributed by atoms with Crippen molar-refractivity contribution in [3.05, 3.63) is 35.4 Å². The first-order valence-corrected chi connectivity index (χ1v) is 7.75. The lowest BCUT2D eigenvalue weighted by molar-refractivity contribution is -0.132. The van der Waals surface area contributed by atoms with E-state index in [2.05, 4.69) is 43.4 Å². The lowest BCUT2D eigenvalue weighted by Crippen LogP contribution is -2.36. The molecule has 1 saturated heterocycles. The molecule has 1 atom stereocenters. The lowest BCUT2D eigenvalue weighted by atomic mass is 10.1. The number of aryl methyl sites for hydroxylation is 1. The Bertz CT molecular complexity index is 421. The van der Waals surface area contributed by atoms with Gasteiger partial charge in [0.2, 0.25) is 5.91 Å². The van der Waals surface area contributed by atoms with Crippen molar-refractivity contribution in [2.75, 3.05) is 13.1 Å². The highest BCUT2D eigenvalue weighted by atomic mass is 16.2. The Hall–Kier alpha value is -1.35. The number of nitrogens with zero attached hydrogens (tertiary/aromatic N) is 1. The highest BCUT2D eigenvalue weighted by Crippen LogP contribution is 2.13. The van der Waals surface area contributed by atoms with Gasteiger partial charge in [-0.15, -0.1) is 0 Å². The van der Waals surface area contributed by atoms with E-state index in [-0.39, 0.29) is 5.91 Å². The van der Waals surface area contributed by atoms with E-state index in [1.807, 2.05) is 4.90 Å². The van der Waals surface area contributed by atoms with Crippen LogP contribution in [-0.2, 0) is 11.3 Å². The van der Waals surface area contributed by atoms with Crippen LogP contribution in [0.2, 0.25) is 0 Å². The first-order valence-electron chi connectivity index (χ1n) is 7.75. The van der Waals surface area contributed by atoms with Gasteiger partial charge in [-0.3, -0.25) is 4.79 Å².